The first-order valence-corrected chi connectivity index (χ1v) is 9.27. The minimum absolute atomic E-state index is 0.0137. The van der Waals surface area contributed by atoms with Gasteiger partial charge in [0.15, 0.2) is 5.69 Å². The van der Waals surface area contributed by atoms with Crippen molar-refractivity contribution in [3.8, 4) is 0 Å². The fraction of sp³-hybridized carbons (Fsp3) is 0.471. The van der Waals surface area contributed by atoms with E-state index in [0.717, 1.165) is 10.4 Å². The number of amides is 2. The molecular weight excluding hydrogens is 354 g/mol. The smallest absolute Gasteiger partial charge is 0.275 e. The van der Waals surface area contributed by atoms with Crippen LogP contribution in [-0.4, -0.2) is 57.1 Å². The monoisotopic (exact) mass is 373 g/mol. The summed E-state index contributed by atoms with van der Waals surface area (Å²) in [4.78, 5) is 31.8. The SMILES string of the molecule is Cc1snnc1C(=O)N1C[C@@H]2[C@@H](C(=O)NCc3cccnc3)CO[C@@H]2C1. The quantitative estimate of drug-likeness (QED) is 0.845. The highest BCUT2D eigenvalue weighted by molar-refractivity contribution is 7.05. The van der Waals surface area contributed by atoms with Crippen molar-refractivity contribution in [1.29, 1.82) is 0 Å². The fourth-order valence-electron chi connectivity index (χ4n) is 3.55. The average Bonchev–Trinajstić information content (AvgIpc) is 3.35. The number of carbonyl (C=O) groups excluding carboxylic acids is 2. The maximum Gasteiger partial charge on any atom is 0.275 e. The molecule has 0 saturated carbocycles. The van der Waals surface area contributed by atoms with Crippen LogP contribution in [-0.2, 0) is 16.1 Å². The van der Waals surface area contributed by atoms with Gasteiger partial charge in [0.05, 0.1) is 23.5 Å². The Hall–Kier alpha value is -2.39. The van der Waals surface area contributed by atoms with Crippen molar-refractivity contribution >= 4 is 23.3 Å². The number of carbonyl (C=O) groups is 2. The number of hydrogen-bond donors (Lipinski definition) is 1. The summed E-state index contributed by atoms with van der Waals surface area (Å²) in [6.45, 7) is 3.67. The maximum atomic E-state index is 12.6. The van der Waals surface area contributed by atoms with Crippen LogP contribution in [0.25, 0.3) is 0 Å². The number of nitrogens with zero attached hydrogens (tertiary/aromatic N) is 4. The molecule has 4 rings (SSSR count). The van der Waals surface area contributed by atoms with Crippen LogP contribution in [0.1, 0.15) is 20.9 Å². The van der Waals surface area contributed by atoms with Gasteiger partial charge in [-0.3, -0.25) is 14.6 Å². The van der Waals surface area contributed by atoms with Gasteiger partial charge < -0.3 is 15.0 Å². The van der Waals surface area contributed by atoms with Crippen molar-refractivity contribution in [2.75, 3.05) is 19.7 Å². The first-order valence-electron chi connectivity index (χ1n) is 8.50. The molecule has 2 amide bonds. The molecule has 136 valence electrons. The molecule has 2 aromatic heterocycles. The van der Waals surface area contributed by atoms with Crippen molar-refractivity contribution in [3.05, 3.63) is 40.7 Å². The third-order valence-corrected chi connectivity index (χ3v) is 5.61. The summed E-state index contributed by atoms with van der Waals surface area (Å²) in [5.74, 6) is -0.408. The van der Waals surface area contributed by atoms with Crippen LogP contribution >= 0.6 is 11.5 Å². The Morgan fingerprint density at radius 1 is 1.42 bits per heavy atom. The van der Waals surface area contributed by atoms with E-state index < -0.39 is 0 Å². The average molecular weight is 373 g/mol. The number of rotatable bonds is 4. The zero-order valence-corrected chi connectivity index (χ0v) is 15.1. The summed E-state index contributed by atoms with van der Waals surface area (Å²) >= 11 is 1.21. The number of fused-ring (bicyclic) bond motifs is 1. The number of ether oxygens (including phenoxy) is 1. The summed E-state index contributed by atoms with van der Waals surface area (Å²) in [5, 5.41) is 6.87. The molecule has 4 heterocycles. The predicted molar refractivity (Wildman–Crippen MR) is 93.4 cm³/mol. The molecule has 0 bridgehead atoms. The Labute approximate surface area is 154 Å². The molecule has 26 heavy (non-hydrogen) atoms. The zero-order chi connectivity index (χ0) is 18.1. The van der Waals surface area contributed by atoms with Gasteiger partial charge in [0.2, 0.25) is 5.91 Å². The van der Waals surface area contributed by atoms with E-state index in [-0.39, 0.29) is 29.8 Å². The molecule has 2 aliphatic rings. The largest absolute Gasteiger partial charge is 0.375 e. The van der Waals surface area contributed by atoms with Crippen molar-refractivity contribution in [1.82, 2.24) is 24.8 Å². The molecule has 0 spiro atoms. The molecule has 1 N–H and O–H groups in total. The van der Waals surface area contributed by atoms with Crippen LogP contribution < -0.4 is 5.32 Å². The number of nitrogens with one attached hydrogen (secondary N) is 1. The van der Waals surface area contributed by atoms with Crippen LogP contribution in [0.5, 0.6) is 0 Å². The second-order valence-corrected chi connectivity index (χ2v) is 7.57. The van der Waals surface area contributed by atoms with Gasteiger partial charge in [0.25, 0.3) is 5.91 Å². The molecule has 2 aliphatic heterocycles. The van der Waals surface area contributed by atoms with Gasteiger partial charge >= 0.3 is 0 Å². The molecule has 0 unspecified atom stereocenters. The number of aromatic nitrogens is 3. The Morgan fingerprint density at radius 2 is 2.31 bits per heavy atom. The van der Waals surface area contributed by atoms with Crippen LogP contribution in [0.3, 0.4) is 0 Å². The standard InChI is InChI=1S/C17H19N5O3S/c1-10-15(20-21-26-10)17(24)22-7-12-13(9-25-14(12)8-22)16(23)19-6-11-3-2-4-18-5-11/h2-5,12-14H,6-9H2,1H3,(H,19,23)/t12-,13+,14-/m1/s1. The Kier molecular flexibility index (Phi) is 4.64. The molecule has 0 aromatic carbocycles. The first-order chi connectivity index (χ1) is 12.6. The number of likely N-dealkylation sites (tertiary alicyclic amines) is 1. The lowest BCUT2D eigenvalue weighted by Gasteiger charge is -2.19. The topological polar surface area (TPSA) is 97.3 Å². The van der Waals surface area contributed by atoms with E-state index in [1.807, 2.05) is 19.1 Å². The highest BCUT2D eigenvalue weighted by Gasteiger charge is 2.48. The molecule has 3 atom stereocenters. The summed E-state index contributed by atoms with van der Waals surface area (Å²) < 4.78 is 9.62. The van der Waals surface area contributed by atoms with Crippen molar-refractivity contribution < 1.29 is 14.3 Å². The van der Waals surface area contributed by atoms with Crippen molar-refractivity contribution in [2.45, 2.75) is 19.6 Å². The third kappa shape index (κ3) is 3.19. The van der Waals surface area contributed by atoms with E-state index in [9.17, 15) is 9.59 Å². The third-order valence-electron chi connectivity index (χ3n) is 4.98. The maximum absolute atomic E-state index is 12.6. The van der Waals surface area contributed by atoms with Gasteiger partial charge in [0.1, 0.15) is 0 Å². The van der Waals surface area contributed by atoms with Gasteiger partial charge in [0, 0.05) is 37.9 Å². The molecule has 2 aromatic rings. The predicted octanol–water partition coefficient (Wildman–Crippen LogP) is 0.645. The second kappa shape index (κ2) is 7.08. The van der Waals surface area contributed by atoms with Gasteiger partial charge in [-0.15, -0.1) is 5.10 Å². The molecule has 9 heteroatoms. The minimum atomic E-state index is -0.246. The van der Waals surface area contributed by atoms with Crippen LogP contribution in [0.2, 0.25) is 0 Å². The first kappa shape index (κ1) is 17.0. The van der Waals surface area contributed by atoms with E-state index in [1.54, 1.807) is 17.3 Å². The van der Waals surface area contributed by atoms with E-state index in [4.69, 9.17) is 4.74 Å². The zero-order valence-electron chi connectivity index (χ0n) is 14.3. The Balaban J connectivity index is 1.38. The van der Waals surface area contributed by atoms with Gasteiger partial charge in [-0.25, -0.2) is 0 Å². The normalized spacial score (nSPS) is 24.5. The molecule has 8 nitrogen and oxygen atoms in total. The lowest BCUT2D eigenvalue weighted by molar-refractivity contribution is -0.126. The van der Waals surface area contributed by atoms with E-state index in [1.165, 1.54) is 11.5 Å². The van der Waals surface area contributed by atoms with Crippen LogP contribution in [0.4, 0.5) is 0 Å². The second-order valence-electron chi connectivity index (χ2n) is 6.61. The van der Waals surface area contributed by atoms with Crippen molar-refractivity contribution in [2.24, 2.45) is 11.8 Å². The van der Waals surface area contributed by atoms with Crippen LogP contribution in [0.15, 0.2) is 24.5 Å². The van der Waals surface area contributed by atoms with Gasteiger partial charge in [-0.1, -0.05) is 10.6 Å². The molecule has 2 fully saturated rings. The summed E-state index contributed by atoms with van der Waals surface area (Å²) in [7, 11) is 0. The Bertz CT molecular complexity index is 812. The van der Waals surface area contributed by atoms with E-state index >= 15 is 0 Å². The van der Waals surface area contributed by atoms with E-state index in [0.29, 0.717) is 31.9 Å². The summed E-state index contributed by atoms with van der Waals surface area (Å²) in [5.41, 5.74) is 1.35. The van der Waals surface area contributed by atoms with E-state index in [2.05, 4.69) is 19.9 Å². The highest BCUT2D eigenvalue weighted by Crippen LogP contribution is 2.34. The lowest BCUT2D eigenvalue weighted by atomic mass is 9.92. The number of aryl methyl sites for hydroxylation is 1. The van der Waals surface area contributed by atoms with Crippen molar-refractivity contribution in [3.63, 3.8) is 0 Å². The van der Waals surface area contributed by atoms with Gasteiger partial charge in [-0.05, 0) is 30.1 Å². The Morgan fingerprint density at radius 3 is 3.04 bits per heavy atom. The molecular formula is C17H19N5O3S. The number of hydrogen-bond acceptors (Lipinski definition) is 7. The fourth-order valence-corrected chi connectivity index (χ4v) is 4.01. The molecule has 0 aliphatic carbocycles. The van der Waals surface area contributed by atoms with Crippen LogP contribution in [0, 0.1) is 18.8 Å². The highest BCUT2D eigenvalue weighted by atomic mass is 32.1. The lowest BCUT2D eigenvalue weighted by Crippen LogP contribution is -2.37. The summed E-state index contributed by atoms with van der Waals surface area (Å²) in [6, 6.07) is 3.76. The minimum Gasteiger partial charge on any atom is -0.375 e. The molecule has 2 saturated heterocycles. The molecule has 0 radical (unpaired) electrons. The summed E-state index contributed by atoms with van der Waals surface area (Å²) in [6.07, 6.45) is 3.33. The van der Waals surface area contributed by atoms with Gasteiger partial charge in [-0.2, -0.15) is 0 Å². The number of pyridine rings is 1.